The molecule has 9 heteroatoms. The van der Waals surface area contributed by atoms with Gasteiger partial charge in [0.25, 0.3) is 0 Å². The van der Waals surface area contributed by atoms with Crippen LogP contribution >= 0.6 is 0 Å². The third-order valence-electron chi connectivity index (χ3n) is 3.45. The smallest absolute Gasteiger partial charge is 0.339 e. The molecule has 2 rings (SSSR count). The van der Waals surface area contributed by atoms with Crippen LogP contribution in [0.15, 0.2) is 6.20 Å². The summed E-state index contributed by atoms with van der Waals surface area (Å²) in [6.07, 6.45) is 4.06. The van der Waals surface area contributed by atoms with Crippen LogP contribution in [-0.4, -0.2) is 59.2 Å². The van der Waals surface area contributed by atoms with Crippen LogP contribution < -0.4 is 5.32 Å². The van der Waals surface area contributed by atoms with E-state index in [0.29, 0.717) is 24.7 Å². The lowest BCUT2D eigenvalue weighted by Gasteiger charge is -2.22. The Bertz CT molecular complexity index is 647. The highest BCUT2D eigenvalue weighted by molar-refractivity contribution is 7.88. The van der Waals surface area contributed by atoms with Gasteiger partial charge >= 0.3 is 5.97 Å². The number of nitrogens with one attached hydrogen (secondary N) is 1. The predicted molar refractivity (Wildman–Crippen MR) is 76.8 cm³/mol. The van der Waals surface area contributed by atoms with E-state index in [4.69, 9.17) is 5.11 Å². The third kappa shape index (κ3) is 3.67. The number of carbonyl (C=O) groups is 1. The maximum absolute atomic E-state index is 11.6. The zero-order chi connectivity index (χ0) is 15.6. The number of aromatic carboxylic acids is 1. The monoisotopic (exact) mass is 314 g/mol. The number of aryl methyl sites for hydroxylation is 1. The minimum absolute atomic E-state index is 0.0548. The van der Waals surface area contributed by atoms with Crippen LogP contribution in [0.3, 0.4) is 0 Å². The molecule has 0 unspecified atom stereocenters. The number of rotatable bonds is 5. The van der Waals surface area contributed by atoms with Crippen LogP contribution in [0.2, 0.25) is 0 Å². The fourth-order valence-corrected chi connectivity index (χ4v) is 3.60. The fraction of sp³-hybridized carbons (Fsp3) is 0.583. The average Bonchev–Trinajstić information content (AvgIpc) is 2.84. The first kappa shape index (κ1) is 15.6. The molecule has 2 heterocycles. The van der Waals surface area contributed by atoms with Gasteiger partial charge in [0.1, 0.15) is 0 Å². The summed E-state index contributed by atoms with van der Waals surface area (Å²) in [4.78, 5) is 18.9. The summed E-state index contributed by atoms with van der Waals surface area (Å²) in [7, 11) is -3.21. The maximum Gasteiger partial charge on any atom is 0.339 e. The van der Waals surface area contributed by atoms with Gasteiger partial charge < -0.3 is 10.4 Å². The largest absolute Gasteiger partial charge is 0.478 e. The molecule has 21 heavy (non-hydrogen) atoms. The fourth-order valence-electron chi connectivity index (χ4n) is 2.42. The second kappa shape index (κ2) is 5.94. The summed E-state index contributed by atoms with van der Waals surface area (Å²) in [5.74, 6) is -0.768. The van der Waals surface area contributed by atoms with Crippen LogP contribution in [-0.2, 0) is 10.0 Å². The molecule has 116 valence electrons. The number of hydrogen-bond donors (Lipinski definition) is 2. The molecule has 8 nitrogen and oxygen atoms in total. The van der Waals surface area contributed by atoms with Gasteiger partial charge in [-0.25, -0.2) is 23.2 Å². The van der Waals surface area contributed by atoms with Crippen molar-refractivity contribution in [3.8, 4) is 0 Å². The number of sulfonamides is 1. The van der Waals surface area contributed by atoms with Gasteiger partial charge in [-0.05, 0) is 19.8 Å². The molecule has 1 atom stereocenters. The summed E-state index contributed by atoms with van der Waals surface area (Å²) in [5, 5.41) is 11.9. The summed E-state index contributed by atoms with van der Waals surface area (Å²) in [6.45, 7) is 2.52. The summed E-state index contributed by atoms with van der Waals surface area (Å²) in [5.41, 5.74) is 0.422. The SMILES string of the molecule is Cc1nc(NC[C@H]2CCCN2S(C)(=O)=O)ncc1C(=O)O. The first-order valence-electron chi connectivity index (χ1n) is 6.56. The van der Waals surface area contributed by atoms with Gasteiger partial charge in [-0.1, -0.05) is 0 Å². The molecule has 1 saturated heterocycles. The molecule has 0 amide bonds. The van der Waals surface area contributed by atoms with Crippen molar-refractivity contribution in [3.05, 3.63) is 17.5 Å². The minimum Gasteiger partial charge on any atom is -0.478 e. The first-order valence-corrected chi connectivity index (χ1v) is 8.41. The number of aromatic nitrogens is 2. The predicted octanol–water partition coefficient (Wildman–Crippen LogP) is 0.319. The standard InChI is InChI=1S/C12H18N4O4S/c1-8-10(11(17)18)7-14-12(15-8)13-6-9-4-3-5-16(9)21(2,19)20/h7,9H,3-6H2,1-2H3,(H,17,18)(H,13,14,15)/t9-/m1/s1. The molecule has 0 aromatic carbocycles. The Kier molecular flexibility index (Phi) is 4.43. The van der Waals surface area contributed by atoms with E-state index in [1.807, 2.05) is 0 Å². The highest BCUT2D eigenvalue weighted by Gasteiger charge is 2.31. The average molecular weight is 314 g/mol. The van der Waals surface area contributed by atoms with Gasteiger partial charge in [0.05, 0.1) is 17.5 Å². The van der Waals surface area contributed by atoms with Crippen molar-refractivity contribution in [2.24, 2.45) is 0 Å². The van der Waals surface area contributed by atoms with Crippen LogP contribution in [0, 0.1) is 6.92 Å². The van der Waals surface area contributed by atoms with Crippen molar-refractivity contribution in [2.45, 2.75) is 25.8 Å². The van der Waals surface area contributed by atoms with E-state index in [1.54, 1.807) is 6.92 Å². The Morgan fingerprint density at radius 1 is 1.57 bits per heavy atom. The molecule has 1 aromatic heterocycles. The van der Waals surface area contributed by atoms with Crippen LogP contribution in [0.1, 0.15) is 28.9 Å². The van der Waals surface area contributed by atoms with Gasteiger partial charge in [0.15, 0.2) is 0 Å². The number of anilines is 1. The highest BCUT2D eigenvalue weighted by Crippen LogP contribution is 2.20. The Hall–Kier alpha value is -1.74. The summed E-state index contributed by atoms with van der Waals surface area (Å²) < 4.78 is 24.7. The van der Waals surface area contributed by atoms with Gasteiger partial charge in [-0.2, -0.15) is 4.31 Å². The number of nitrogens with zero attached hydrogens (tertiary/aromatic N) is 3. The lowest BCUT2D eigenvalue weighted by Crippen LogP contribution is -2.39. The van der Waals surface area contributed by atoms with Crippen molar-refractivity contribution in [1.82, 2.24) is 14.3 Å². The van der Waals surface area contributed by atoms with Crippen molar-refractivity contribution in [3.63, 3.8) is 0 Å². The molecule has 0 aliphatic carbocycles. The van der Waals surface area contributed by atoms with E-state index in [0.717, 1.165) is 12.8 Å². The molecule has 2 N–H and O–H groups in total. The number of carboxylic acid groups (broad SMARTS) is 1. The first-order chi connectivity index (χ1) is 9.79. The molecule has 0 saturated carbocycles. The van der Waals surface area contributed by atoms with E-state index < -0.39 is 16.0 Å². The number of carboxylic acids is 1. The van der Waals surface area contributed by atoms with Gasteiger partial charge in [-0.15, -0.1) is 0 Å². The quantitative estimate of drug-likeness (QED) is 0.804. The Labute approximate surface area is 123 Å². The van der Waals surface area contributed by atoms with E-state index in [9.17, 15) is 13.2 Å². The minimum atomic E-state index is -3.21. The Balaban J connectivity index is 2.03. The summed E-state index contributed by atoms with van der Waals surface area (Å²) in [6, 6.07) is -0.122. The zero-order valence-electron chi connectivity index (χ0n) is 11.9. The van der Waals surface area contributed by atoms with E-state index in [1.165, 1.54) is 16.8 Å². The lowest BCUT2D eigenvalue weighted by atomic mass is 10.2. The maximum atomic E-state index is 11.6. The molecular formula is C12H18N4O4S. The number of hydrogen-bond acceptors (Lipinski definition) is 6. The zero-order valence-corrected chi connectivity index (χ0v) is 12.7. The van der Waals surface area contributed by atoms with E-state index in [2.05, 4.69) is 15.3 Å². The van der Waals surface area contributed by atoms with Crippen molar-refractivity contribution in [2.75, 3.05) is 24.7 Å². The molecular weight excluding hydrogens is 296 g/mol. The van der Waals surface area contributed by atoms with Crippen molar-refractivity contribution >= 4 is 21.9 Å². The lowest BCUT2D eigenvalue weighted by molar-refractivity contribution is 0.0695. The summed E-state index contributed by atoms with van der Waals surface area (Å²) >= 11 is 0. The molecule has 0 bridgehead atoms. The van der Waals surface area contributed by atoms with Crippen molar-refractivity contribution < 1.29 is 18.3 Å². The Morgan fingerprint density at radius 3 is 2.86 bits per heavy atom. The second-order valence-electron chi connectivity index (χ2n) is 5.05. The second-order valence-corrected chi connectivity index (χ2v) is 6.98. The van der Waals surface area contributed by atoms with Gasteiger partial charge in [0.2, 0.25) is 16.0 Å². The molecule has 1 fully saturated rings. The van der Waals surface area contributed by atoms with Crippen LogP contribution in [0.4, 0.5) is 5.95 Å². The normalized spacial score (nSPS) is 19.6. The third-order valence-corrected chi connectivity index (χ3v) is 4.79. The topological polar surface area (TPSA) is 112 Å². The van der Waals surface area contributed by atoms with Gasteiger partial charge in [-0.3, -0.25) is 0 Å². The van der Waals surface area contributed by atoms with Crippen molar-refractivity contribution in [1.29, 1.82) is 0 Å². The molecule has 1 aliphatic heterocycles. The highest BCUT2D eigenvalue weighted by atomic mass is 32.2. The van der Waals surface area contributed by atoms with E-state index in [-0.39, 0.29) is 11.6 Å². The Morgan fingerprint density at radius 2 is 2.29 bits per heavy atom. The molecule has 0 radical (unpaired) electrons. The van der Waals surface area contributed by atoms with Crippen LogP contribution in [0.25, 0.3) is 0 Å². The van der Waals surface area contributed by atoms with E-state index >= 15 is 0 Å². The van der Waals surface area contributed by atoms with Crippen LogP contribution in [0.5, 0.6) is 0 Å². The molecule has 0 spiro atoms. The molecule has 1 aromatic rings. The molecule has 1 aliphatic rings. The van der Waals surface area contributed by atoms with Gasteiger partial charge in [0, 0.05) is 25.3 Å².